The molecule has 7 heteroatoms. The Bertz CT molecular complexity index is 1090. The number of hydrogen-bond donors (Lipinski definition) is 1. The number of nitrogens with two attached hydrogens (primary N) is 1. The lowest BCUT2D eigenvalue weighted by atomic mass is 9.88. The van der Waals surface area contributed by atoms with Crippen LogP contribution in [0.1, 0.15) is 48.0 Å². The van der Waals surface area contributed by atoms with Crippen LogP contribution in [-0.4, -0.2) is 21.6 Å². The number of nitrogens with zero attached hydrogens (tertiary/aromatic N) is 2. The molecule has 1 heterocycles. The van der Waals surface area contributed by atoms with Gasteiger partial charge in [-0.1, -0.05) is 35.9 Å². The molecule has 2 aromatic carbocycles. The van der Waals surface area contributed by atoms with Crippen molar-refractivity contribution in [3.05, 3.63) is 75.3 Å². The highest BCUT2D eigenvalue weighted by Crippen LogP contribution is 2.36. The normalized spacial score (nSPS) is 19.8. The molecule has 0 unspecified atom stereocenters. The summed E-state index contributed by atoms with van der Waals surface area (Å²) in [6.07, 6.45) is 0.832. The highest BCUT2D eigenvalue weighted by atomic mass is 35.5. The number of fused-ring (bicyclic) bond motifs is 1. The van der Waals surface area contributed by atoms with Crippen molar-refractivity contribution in [2.24, 2.45) is 5.73 Å². The van der Waals surface area contributed by atoms with Gasteiger partial charge in [0.05, 0.1) is 27.5 Å². The maximum atomic E-state index is 13.1. The van der Waals surface area contributed by atoms with Gasteiger partial charge in [-0.05, 0) is 31.2 Å². The van der Waals surface area contributed by atoms with Gasteiger partial charge in [0, 0.05) is 18.9 Å². The van der Waals surface area contributed by atoms with Crippen molar-refractivity contribution in [2.75, 3.05) is 0 Å². The van der Waals surface area contributed by atoms with Crippen LogP contribution in [0.4, 0.5) is 0 Å². The first-order valence-electron chi connectivity index (χ1n) is 9.18. The van der Waals surface area contributed by atoms with E-state index in [1.165, 1.54) is 0 Å². The predicted molar refractivity (Wildman–Crippen MR) is 108 cm³/mol. The average molecular weight is 398 g/mol. The fourth-order valence-corrected chi connectivity index (χ4v) is 3.78. The second-order valence-corrected chi connectivity index (χ2v) is 7.49. The molecule has 1 aromatic heterocycles. The monoisotopic (exact) mass is 397 g/mol. The zero-order chi connectivity index (χ0) is 19.8. The van der Waals surface area contributed by atoms with Crippen LogP contribution in [0.3, 0.4) is 0 Å². The second-order valence-electron chi connectivity index (χ2n) is 7.09. The van der Waals surface area contributed by atoms with Gasteiger partial charge in [0.15, 0.2) is 0 Å². The van der Waals surface area contributed by atoms with Gasteiger partial charge >= 0.3 is 5.97 Å². The van der Waals surface area contributed by atoms with Crippen LogP contribution in [0.25, 0.3) is 10.9 Å². The first-order valence-corrected chi connectivity index (χ1v) is 9.55. The van der Waals surface area contributed by atoms with E-state index in [-0.39, 0.29) is 23.7 Å². The third-order valence-electron chi connectivity index (χ3n) is 5.03. The molecule has 1 atom stereocenters. The largest absolute Gasteiger partial charge is 0.459 e. The molecule has 1 aliphatic carbocycles. The average Bonchev–Trinajstić information content (AvgIpc) is 2.65. The third kappa shape index (κ3) is 3.30. The summed E-state index contributed by atoms with van der Waals surface area (Å²) in [6, 6.07) is 13.5. The first kappa shape index (κ1) is 18.7. The van der Waals surface area contributed by atoms with E-state index in [0.29, 0.717) is 40.2 Å². The molecule has 2 N–H and O–H groups in total. The van der Waals surface area contributed by atoms with E-state index in [1.807, 2.05) is 6.07 Å². The van der Waals surface area contributed by atoms with Crippen LogP contribution < -0.4 is 11.3 Å². The Hall–Kier alpha value is -2.70. The molecule has 0 amide bonds. The van der Waals surface area contributed by atoms with Gasteiger partial charge in [-0.3, -0.25) is 9.36 Å². The van der Waals surface area contributed by atoms with Gasteiger partial charge in [0.1, 0.15) is 11.9 Å². The maximum Gasteiger partial charge on any atom is 0.338 e. The Morgan fingerprint density at radius 2 is 1.93 bits per heavy atom. The molecule has 0 spiro atoms. The fraction of sp³-hybridized carbons (Fsp3) is 0.286. The van der Waals surface area contributed by atoms with Crippen molar-refractivity contribution in [2.45, 2.75) is 38.0 Å². The molecule has 28 heavy (non-hydrogen) atoms. The summed E-state index contributed by atoms with van der Waals surface area (Å²) < 4.78 is 7.16. The predicted octanol–water partition coefficient (Wildman–Crippen LogP) is 3.63. The minimum absolute atomic E-state index is 0.129. The minimum Gasteiger partial charge on any atom is -0.459 e. The Morgan fingerprint density at radius 3 is 2.61 bits per heavy atom. The quantitative estimate of drug-likeness (QED) is 0.679. The molecule has 0 aliphatic heterocycles. The number of hydrogen-bond acceptors (Lipinski definition) is 5. The standard InChI is InChI=1S/C21H20ClN3O3/c1-12(23)19-24-17-9-5-8-16(22)18(17)20(26)25(19)14-10-15(11-14)28-21(27)13-6-3-2-4-7-13/h2-9,12,14-15H,10-11,23H2,1H3/t12-,14?,15?/m0/s1. The number of aromatic nitrogens is 2. The number of halogens is 1. The number of carbonyl (C=O) groups excluding carboxylic acids is 1. The van der Waals surface area contributed by atoms with Crippen LogP contribution in [0.15, 0.2) is 53.3 Å². The topological polar surface area (TPSA) is 87.2 Å². The summed E-state index contributed by atoms with van der Waals surface area (Å²) in [4.78, 5) is 29.9. The highest BCUT2D eigenvalue weighted by Gasteiger charge is 2.36. The lowest BCUT2D eigenvalue weighted by molar-refractivity contribution is -0.00919. The van der Waals surface area contributed by atoms with E-state index in [9.17, 15) is 9.59 Å². The summed E-state index contributed by atoms with van der Waals surface area (Å²) in [6.45, 7) is 1.79. The number of ether oxygens (including phenoxy) is 1. The molecule has 0 bridgehead atoms. The Kier molecular flexibility index (Phi) is 4.91. The van der Waals surface area contributed by atoms with Crippen LogP contribution in [0, 0.1) is 0 Å². The second kappa shape index (κ2) is 7.37. The zero-order valence-electron chi connectivity index (χ0n) is 15.3. The minimum atomic E-state index is -0.415. The van der Waals surface area contributed by atoms with E-state index < -0.39 is 6.04 Å². The third-order valence-corrected chi connectivity index (χ3v) is 5.35. The Labute approximate surface area is 166 Å². The Balaban J connectivity index is 1.60. The van der Waals surface area contributed by atoms with E-state index >= 15 is 0 Å². The maximum absolute atomic E-state index is 13.1. The lowest BCUT2D eigenvalue weighted by Gasteiger charge is -2.37. The smallest absolute Gasteiger partial charge is 0.338 e. The van der Waals surface area contributed by atoms with E-state index in [0.717, 1.165) is 0 Å². The van der Waals surface area contributed by atoms with Crippen molar-refractivity contribution >= 4 is 28.5 Å². The summed E-state index contributed by atoms with van der Waals surface area (Å²) >= 11 is 6.24. The van der Waals surface area contributed by atoms with E-state index in [1.54, 1.807) is 54.0 Å². The molecule has 1 saturated carbocycles. The molecule has 144 valence electrons. The molecular formula is C21H20ClN3O3. The number of esters is 1. The van der Waals surface area contributed by atoms with Gasteiger partial charge in [0.2, 0.25) is 0 Å². The number of carbonyl (C=O) groups is 1. The molecule has 1 fully saturated rings. The summed E-state index contributed by atoms with van der Waals surface area (Å²) in [7, 11) is 0. The molecule has 0 radical (unpaired) electrons. The Morgan fingerprint density at radius 1 is 1.21 bits per heavy atom. The van der Waals surface area contributed by atoms with Gasteiger partial charge in [-0.2, -0.15) is 0 Å². The van der Waals surface area contributed by atoms with Crippen LogP contribution >= 0.6 is 11.6 Å². The lowest BCUT2D eigenvalue weighted by Crippen LogP contribution is -2.42. The van der Waals surface area contributed by atoms with Gasteiger partial charge in [-0.15, -0.1) is 0 Å². The van der Waals surface area contributed by atoms with Gasteiger partial charge in [0.25, 0.3) is 5.56 Å². The van der Waals surface area contributed by atoms with Crippen molar-refractivity contribution in [3.8, 4) is 0 Å². The van der Waals surface area contributed by atoms with E-state index in [2.05, 4.69) is 4.98 Å². The number of benzene rings is 2. The van der Waals surface area contributed by atoms with Gasteiger partial charge < -0.3 is 10.5 Å². The van der Waals surface area contributed by atoms with E-state index in [4.69, 9.17) is 22.1 Å². The molecule has 0 saturated heterocycles. The molecule has 1 aliphatic rings. The SMILES string of the molecule is C[C@H](N)c1nc2cccc(Cl)c2c(=O)n1C1CC(OC(=O)c2ccccc2)C1. The van der Waals surface area contributed by atoms with Crippen LogP contribution in [-0.2, 0) is 4.74 Å². The van der Waals surface area contributed by atoms with Crippen LogP contribution in [0.5, 0.6) is 0 Å². The number of rotatable bonds is 4. The van der Waals surface area contributed by atoms with Crippen molar-refractivity contribution in [3.63, 3.8) is 0 Å². The molecule has 3 aromatic rings. The first-order chi connectivity index (χ1) is 13.5. The summed E-state index contributed by atoms with van der Waals surface area (Å²) in [5.41, 5.74) is 6.92. The molecule has 4 rings (SSSR count). The molecule has 6 nitrogen and oxygen atoms in total. The molecular weight excluding hydrogens is 378 g/mol. The van der Waals surface area contributed by atoms with Crippen molar-refractivity contribution in [1.29, 1.82) is 0 Å². The highest BCUT2D eigenvalue weighted by molar-refractivity contribution is 6.35. The zero-order valence-corrected chi connectivity index (χ0v) is 16.1. The fourth-order valence-electron chi connectivity index (χ4n) is 3.53. The van der Waals surface area contributed by atoms with Crippen molar-refractivity contribution in [1.82, 2.24) is 9.55 Å². The summed E-state index contributed by atoms with van der Waals surface area (Å²) in [5.74, 6) is 0.154. The van der Waals surface area contributed by atoms with Gasteiger partial charge in [-0.25, -0.2) is 9.78 Å². The van der Waals surface area contributed by atoms with Crippen LogP contribution in [0.2, 0.25) is 5.02 Å². The van der Waals surface area contributed by atoms with Crippen molar-refractivity contribution < 1.29 is 9.53 Å². The summed E-state index contributed by atoms with van der Waals surface area (Å²) in [5, 5.41) is 0.754.